The van der Waals surface area contributed by atoms with Crippen molar-refractivity contribution in [1.82, 2.24) is 14.7 Å². The van der Waals surface area contributed by atoms with Crippen LogP contribution in [0.25, 0.3) is 11.3 Å². The molecule has 3 aromatic carbocycles. The number of carbonyl (C=O) groups excluding carboxylic acids is 1. The summed E-state index contributed by atoms with van der Waals surface area (Å²) in [7, 11) is 1.86. The van der Waals surface area contributed by atoms with Gasteiger partial charge in [0.15, 0.2) is 0 Å². The van der Waals surface area contributed by atoms with Crippen molar-refractivity contribution in [2.24, 2.45) is 7.05 Å². The summed E-state index contributed by atoms with van der Waals surface area (Å²) in [6.45, 7) is 3.04. The molecule has 6 heteroatoms. The molecule has 5 nitrogen and oxygen atoms in total. The molecular formula is C27H26ClN3O2. The molecule has 0 bridgehead atoms. The fourth-order valence-corrected chi connectivity index (χ4v) is 3.86. The summed E-state index contributed by atoms with van der Waals surface area (Å²) < 4.78 is 8.01. The van der Waals surface area contributed by atoms with E-state index in [2.05, 4.69) is 6.92 Å². The van der Waals surface area contributed by atoms with Gasteiger partial charge in [0.2, 0.25) is 5.88 Å². The lowest BCUT2D eigenvalue weighted by Crippen LogP contribution is -2.31. The van der Waals surface area contributed by atoms with Crippen molar-refractivity contribution in [3.05, 3.63) is 101 Å². The van der Waals surface area contributed by atoms with Crippen molar-refractivity contribution < 1.29 is 9.53 Å². The van der Waals surface area contributed by atoms with Gasteiger partial charge in [-0.1, -0.05) is 67.1 Å². The van der Waals surface area contributed by atoms with Crippen LogP contribution in [0, 0.1) is 0 Å². The number of hydrogen-bond acceptors (Lipinski definition) is 3. The Morgan fingerprint density at radius 3 is 2.24 bits per heavy atom. The standard InChI is InChI=1S/C27H26ClN3O2/c1-3-18-31(26(32)21-14-16-22(28)17-15-21)19-24-25(20-10-6-4-7-11-20)29-30(2)27(24)33-23-12-8-5-9-13-23/h4-17H,3,18-19H2,1-2H3. The molecule has 0 radical (unpaired) electrons. The Bertz CT molecular complexity index is 1210. The third-order valence-electron chi connectivity index (χ3n) is 5.31. The van der Waals surface area contributed by atoms with Crippen LogP contribution in [0.3, 0.4) is 0 Å². The summed E-state index contributed by atoms with van der Waals surface area (Å²) in [5, 5.41) is 5.37. The smallest absolute Gasteiger partial charge is 0.254 e. The van der Waals surface area contributed by atoms with Crippen LogP contribution in [0.4, 0.5) is 0 Å². The number of carbonyl (C=O) groups is 1. The van der Waals surface area contributed by atoms with Crippen LogP contribution in [-0.4, -0.2) is 27.1 Å². The summed E-state index contributed by atoms with van der Waals surface area (Å²) in [6.07, 6.45) is 0.829. The molecule has 1 aromatic heterocycles. The average Bonchev–Trinajstić information content (AvgIpc) is 3.15. The lowest BCUT2D eigenvalue weighted by molar-refractivity contribution is 0.0742. The molecular weight excluding hydrogens is 434 g/mol. The number of rotatable bonds is 8. The highest BCUT2D eigenvalue weighted by molar-refractivity contribution is 6.30. The highest BCUT2D eigenvalue weighted by Crippen LogP contribution is 2.34. The molecule has 0 atom stereocenters. The first-order chi connectivity index (χ1) is 16.1. The van der Waals surface area contributed by atoms with Gasteiger partial charge in [-0.2, -0.15) is 5.10 Å². The predicted octanol–water partition coefficient (Wildman–Crippen LogP) is 6.59. The highest BCUT2D eigenvalue weighted by Gasteiger charge is 2.24. The molecule has 0 aliphatic carbocycles. The van der Waals surface area contributed by atoms with Crippen molar-refractivity contribution in [3.63, 3.8) is 0 Å². The van der Waals surface area contributed by atoms with Crippen molar-refractivity contribution in [1.29, 1.82) is 0 Å². The van der Waals surface area contributed by atoms with Crippen molar-refractivity contribution in [2.75, 3.05) is 6.54 Å². The van der Waals surface area contributed by atoms with Crippen molar-refractivity contribution in [3.8, 4) is 22.9 Å². The number of nitrogens with zero attached hydrogens (tertiary/aromatic N) is 3. The molecule has 4 aromatic rings. The van der Waals surface area contributed by atoms with Gasteiger partial charge in [0, 0.05) is 29.7 Å². The first-order valence-electron chi connectivity index (χ1n) is 11.0. The van der Waals surface area contributed by atoms with Crippen LogP contribution in [0.2, 0.25) is 5.02 Å². The molecule has 0 fully saturated rings. The van der Waals surface area contributed by atoms with E-state index in [0.29, 0.717) is 35.3 Å². The van der Waals surface area contributed by atoms with E-state index in [1.54, 1.807) is 28.9 Å². The predicted molar refractivity (Wildman–Crippen MR) is 132 cm³/mol. The minimum Gasteiger partial charge on any atom is -0.439 e. The number of aromatic nitrogens is 2. The number of aryl methyl sites for hydroxylation is 1. The molecule has 0 saturated carbocycles. The SMILES string of the molecule is CCCN(Cc1c(-c2ccccc2)nn(C)c1Oc1ccccc1)C(=O)c1ccc(Cl)cc1. The summed E-state index contributed by atoms with van der Waals surface area (Å²) in [4.78, 5) is 15.2. The van der Waals surface area contributed by atoms with Crippen LogP contribution < -0.4 is 4.74 Å². The molecule has 1 amide bonds. The molecule has 168 valence electrons. The van der Waals surface area contributed by atoms with Gasteiger partial charge in [-0.3, -0.25) is 4.79 Å². The maximum atomic E-state index is 13.4. The van der Waals surface area contributed by atoms with Gasteiger partial charge in [-0.05, 0) is 42.8 Å². The van der Waals surface area contributed by atoms with E-state index in [9.17, 15) is 4.79 Å². The molecule has 0 unspecified atom stereocenters. The topological polar surface area (TPSA) is 47.4 Å². The quantitative estimate of drug-likeness (QED) is 0.299. The number of benzene rings is 3. The third kappa shape index (κ3) is 5.26. The van der Waals surface area contributed by atoms with Crippen molar-refractivity contribution in [2.45, 2.75) is 19.9 Å². The molecule has 4 rings (SSSR count). The second kappa shape index (κ2) is 10.4. The molecule has 0 aliphatic heterocycles. The highest BCUT2D eigenvalue weighted by atomic mass is 35.5. The number of ether oxygens (including phenoxy) is 1. The maximum Gasteiger partial charge on any atom is 0.254 e. The zero-order chi connectivity index (χ0) is 23.2. The molecule has 0 saturated heterocycles. The minimum absolute atomic E-state index is 0.0537. The lowest BCUT2D eigenvalue weighted by atomic mass is 10.1. The first kappa shape index (κ1) is 22.6. The Morgan fingerprint density at radius 1 is 0.970 bits per heavy atom. The first-order valence-corrected chi connectivity index (χ1v) is 11.3. The van der Waals surface area contributed by atoms with Crippen molar-refractivity contribution >= 4 is 17.5 Å². The molecule has 0 aliphatic rings. The van der Waals surface area contributed by atoms with Crippen LogP contribution in [0.15, 0.2) is 84.9 Å². The average molecular weight is 460 g/mol. The largest absolute Gasteiger partial charge is 0.439 e. The summed E-state index contributed by atoms with van der Waals surface area (Å²) in [6, 6.07) is 26.6. The van der Waals surface area contributed by atoms with Crippen LogP contribution in [0.5, 0.6) is 11.6 Å². The Labute approximate surface area is 199 Å². The van der Waals surface area contributed by atoms with E-state index < -0.39 is 0 Å². The fourth-order valence-electron chi connectivity index (χ4n) is 3.74. The Kier molecular flexibility index (Phi) is 7.10. The fraction of sp³-hybridized carbons (Fsp3) is 0.185. The molecule has 0 spiro atoms. The van der Waals surface area contributed by atoms with E-state index in [1.165, 1.54) is 0 Å². The van der Waals surface area contributed by atoms with E-state index in [-0.39, 0.29) is 5.91 Å². The monoisotopic (exact) mass is 459 g/mol. The normalized spacial score (nSPS) is 10.8. The number of hydrogen-bond donors (Lipinski definition) is 0. The number of halogens is 1. The second-order valence-electron chi connectivity index (χ2n) is 7.77. The van der Waals surface area contributed by atoms with Gasteiger partial charge in [0.25, 0.3) is 5.91 Å². The van der Waals surface area contributed by atoms with Gasteiger partial charge in [-0.15, -0.1) is 0 Å². The van der Waals surface area contributed by atoms with Gasteiger partial charge >= 0.3 is 0 Å². The van der Waals surface area contributed by atoms with E-state index >= 15 is 0 Å². The molecule has 0 N–H and O–H groups in total. The summed E-state index contributed by atoms with van der Waals surface area (Å²) >= 11 is 6.02. The minimum atomic E-state index is -0.0537. The van der Waals surface area contributed by atoms with E-state index in [4.69, 9.17) is 21.4 Å². The molecule has 33 heavy (non-hydrogen) atoms. The number of para-hydroxylation sites is 1. The Hall–Kier alpha value is -3.57. The van der Waals surface area contributed by atoms with Crippen LogP contribution >= 0.6 is 11.6 Å². The van der Waals surface area contributed by atoms with Crippen LogP contribution in [0.1, 0.15) is 29.3 Å². The Morgan fingerprint density at radius 2 is 1.61 bits per heavy atom. The van der Waals surface area contributed by atoms with Gasteiger partial charge in [-0.25, -0.2) is 4.68 Å². The summed E-state index contributed by atoms with van der Waals surface area (Å²) in [5.74, 6) is 1.28. The van der Waals surface area contributed by atoms with Gasteiger partial charge in [0.05, 0.1) is 12.1 Å². The third-order valence-corrected chi connectivity index (χ3v) is 5.57. The Balaban J connectivity index is 1.75. The number of amides is 1. The zero-order valence-electron chi connectivity index (χ0n) is 18.7. The zero-order valence-corrected chi connectivity index (χ0v) is 19.5. The maximum absolute atomic E-state index is 13.4. The van der Waals surface area contributed by atoms with Gasteiger partial charge < -0.3 is 9.64 Å². The van der Waals surface area contributed by atoms with E-state index in [0.717, 1.165) is 23.2 Å². The summed E-state index contributed by atoms with van der Waals surface area (Å²) in [5.41, 5.74) is 3.24. The van der Waals surface area contributed by atoms with E-state index in [1.807, 2.05) is 72.6 Å². The lowest BCUT2D eigenvalue weighted by Gasteiger charge is -2.23. The second-order valence-corrected chi connectivity index (χ2v) is 8.21. The molecule has 1 heterocycles. The van der Waals surface area contributed by atoms with Crippen LogP contribution in [-0.2, 0) is 13.6 Å². The van der Waals surface area contributed by atoms with Gasteiger partial charge in [0.1, 0.15) is 11.4 Å².